The second-order valence-electron chi connectivity index (χ2n) is 9.12. The molecule has 0 saturated carbocycles. The Bertz CT molecular complexity index is 1670. The van der Waals surface area contributed by atoms with Crippen molar-refractivity contribution in [1.29, 1.82) is 0 Å². The lowest BCUT2D eigenvalue weighted by molar-refractivity contribution is -0.0379. The predicted octanol–water partition coefficient (Wildman–Crippen LogP) is 4.66. The number of pyridine rings is 1. The predicted molar refractivity (Wildman–Crippen MR) is 137 cm³/mol. The van der Waals surface area contributed by atoms with Crippen LogP contribution in [0.3, 0.4) is 0 Å². The first-order valence-corrected chi connectivity index (χ1v) is 12.7. The van der Waals surface area contributed by atoms with E-state index in [9.17, 15) is 9.59 Å². The smallest absolute Gasteiger partial charge is 0.352 e. The summed E-state index contributed by atoms with van der Waals surface area (Å²) in [6, 6.07) is 10.8. The van der Waals surface area contributed by atoms with E-state index >= 15 is 0 Å². The maximum absolute atomic E-state index is 13.7. The molecule has 8 nitrogen and oxygen atoms in total. The van der Waals surface area contributed by atoms with Gasteiger partial charge in [0.25, 0.3) is 0 Å². The molecule has 0 saturated heterocycles. The minimum atomic E-state index is -0.403. The van der Waals surface area contributed by atoms with Crippen molar-refractivity contribution in [3.05, 3.63) is 79.8 Å². The molecule has 5 aromatic rings. The van der Waals surface area contributed by atoms with E-state index in [1.165, 1.54) is 20.4 Å². The minimum Gasteiger partial charge on any atom is -0.370 e. The minimum absolute atomic E-state index is 0.0986. The summed E-state index contributed by atoms with van der Waals surface area (Å²) in [7, 11) is 0. The number of benzene rings is 1. The fourth-order valence-electron chi connectivity index (χ4n) is 4.40. The summed E-state index contributed by atoms with van der Waals surface area (Å²) >= 11 is 4.88. The van der Waals surface area contributed by atoms with Crippen molar-refractivity contribution in [2.45, 2.75) is 39.0 Å². The largest absolute Gasteiger partial charge is 0.370 e. The van der Waals surface area contributed by atoms with Gasteiger partial charge in [0.2, 0.25) is 0 Å². The van der Waals surface area contributed by atoms with Crippen molar-refractivity contribution < 1.29 is 9.53 Å². The van der Waals surface area contributed by atoms with Gasteiger partial charge >= 0.3 is 5.69 Å². The highest BCUT2D eigenvalue weighted by molar-refractivity contribution is 9.10. The zero-order valence-electron chi connectivity index (χ0n) is 19.0. The van der Waals surface area contributed by atoms with Crippen LogP contribution in [-0.4, -0.2) is 35.5 Å². The number of nitrogens with zero attached hydrogens (tertiary/aromatic N) is 5. The molecule has 0 fully saturated rings. The third kappa shape index (κ3) is 3.81. The van der Waals surface area contributed by atoms with Gasteiger partial charge in [0, 0.05) is 39.3 Å². The quantitative estimate of drug-likeness (QED) is 0.302. The highest BCUT2D eigenvalue weighted by atomic mass is 79.9. The zero-order valence-corrected chi connectivity index (χ0v) is 21.4. The van der Waals surface area contributed by atoms with Crippen molar-refractivity contribution in [3.63, 3.8) is 0 Å². The van der Waals surface area contributed by atoms with Crippen molar-refractivity contribution in [3.8, 4) is 11.4 Å². The van der Waals surface area contributed by atoms with E-state index in [-0.39, 0.29) is 17.9 Å². The van der Waals surface area contributed by atoms with Gasteiger partial charge in [0.1, 0.15) is 4.83 Å². The average molecular weight is 550 g/mol. The summed E-state index contributed by atoms with van der Waals surface area (Å²) in [5, 5.41) is 5.39. The lowest BCUT2D eigenvalue weighted by Crippen LogP contribution is -2.32. The maximum atomic E-state index is 13.7. The summed E-state index contributed by atoms with van der Waals surface area (Å²) in [6.45, 7) is 4.45. The van der Waals surface area contributed by atoms with Crippen molar-refractivity contribution in [1.82, 2.24) is 24.1 Å². The number of carbonyl (C=O) groups is 1. The van der Waals surface area contributed by atoms with Gasteiger partial charge < -0.3 is 4.74 Å². The monoisotopic (exact) mass is 549 g/mol. The van der Waals surface area contributed by atoms with E-state index in [2.05, 4.69) is 39.9 Å². The number of carbonyl (C=O) groups excluding carboxylic acids is 1. The standard InChI is InChI=1S/C25H20BrN5O3S/c1-25(2)10-17-19(13-34-25)35-23-20(17)22-28-21(15-4-3-9-27-11-15)29-31(22)24(33)30(23)12-18(32)14-5-7-16(26)8-6-14/h3-9,11H,10,12-13H2,1-2H3. The van der Waals surface area contributed by atoms with E-state index in [0.29, 0.717) is 40.5 Å². The summed E-state index contributed by atoms with van der Waals surface area (Å²) in [6.07, 6.45) is 4.02. The molecular formula is C25H20BrN5O3S. The first-order chi connectivity index (χ1) is 16.8. The fraction of sp³-hybridized carbons (Fsp3) is 0.240. The van der Waals surface area contributed by atoms with E-state index in [1.54, 1.807) is 30.6 Å². The van der Waals surface area contributed by atoms with E-state index in [1.807, 2.05) is 18.2 Å². The Hall–Kier alpha value is -3.21. The van der Waals surface area contributed by atoms with Gasteiger partial charge in [0.05, 0.1) is 24.1 Å². The number of fused-ring (bicyclic) bond motifs is 5. The topological polar surface area (TPSA) is 91.4 Å². The number of ketones is 1. The molecule has 0 amide bonds. The number of aromatic nitrogens is 5. The van der Waals surface area contributed by atoms with Gasteiger partial charge in [-0.1, -0.05) is 28.1 Å². The lowest BCUT2D eigenvalue weighted by Gasteiger charge is -2.30. The van der Waals surface area contributed by atoms with Crippen LogP contribution in [0.2, 0.25) is 0 Å². The third-order valence-electron chi connectivity index (χ3n) is 6.14. The molecule has 1 aliphatic heterocycles. The Morgan fingerprint density at radius 2 is 2.03 bits per heavy atom. The second-order valence-corrected chi connectivity index (χ2v) is 11.1. The first-order valence-electron chi connectivity index (χ1n) is 11.1. The molecule has 0 spiro atoms. The molecule has 0 radical (unpaired) electrons. The number of thiophene rings is 1. The number of hydrogen-bond acceptors (Lipinski definition) is 7. The molecule has 0 bridgehead atoms. The summed E-state index contributed by atoms with van der Waals surface area (Å²) in [5.74, 6) is 0.260. The number of halogens is 1. The molecule has 0 N–H and O–H groups in total. The Balaban J connectivity index is 1.60. The van der Waals surface area contributed by atoms with Crippen LogP contribution in [0.4, 0.5) is 0 Å². The molecule has 176 valence electrons. The van der Waals surface area contributed by atoms with E-state index in [0.717, 1.165) is 20.3 Å². The molecule has 10 heteroatoms. The van der Waals surface area contributed by atoms with E-state index in [4.69, 9.17) is 9.72 Å². The Morgan fingerprint density at radius 3 is 2.77 bits per heavy atom. The van der Waals surface area contributed by atoms with Crippen molar-refractivity contribution in [2.75, 3.05) is 0 Å². The van der Waals surface area contributed by atoms with E-state index < -0.39 is 5.69 Å². The molecule has 0 aliphatic carbocycles. The molecule has 5 heterocycles. The maximum Gasteiger partial charge on any atom is 0.352 e. The SMILES string of the molecule is CC1(C)Cc2c(sc3c2c2nc(-c4cccnc4)nn2c(=O)n3CC(=O)c2ccc(Br)cc2)CO1. The highest BCUT2D eigenvalue weighted by Crippen LogP contribution is 2.40. The van der Waals surface area contributed by atoms with Crippen LogP contribution in [0, 0.1) is 0 Å². The van der Waals surface area contributed by atoms with Gasteiger partial charge in [-0.25, -0.2) is 9.78 Å². The Kier molecular flexibility index (Phi) is 5.21. The molecule has 4 aromatic heterocycles. The van der Waals surface area contributed by atoms with Gasteiger partial charge in [-0.05, 0) is 43.7 Å². The lowest BCUT2D eigenvalue weighted by atomic mass is 9.94. The van der Waals surface area contributed by atoms with Crippen LogP contribution in [0.25, 0.3) is 27.3 Å². The number of Topliss-reactive ketones (excluding diaryl/α,β-unsaturated/α-hetero) is 1. The molecule has 1 aromatic carbocycles. The normalized spacial score (nSPS) is 14.9. The third-order valence-corrected chi connectivity index (χ3v) is 7.90. The molecule has 35 heavy (non-hydrogen) atoms. The Morgan fingerprint density at radius 1 is 1.23 bits per heavy atom. The van der Waals surface area contributed by atoms with Crippen molar-refractivity contribution in [2.24, 2.45) is 0 Å². The number of rotatable bonds is 4. The first kappa shape index (κ1) is 22.3. The van der Waals surface area contributed by atoms with Crippen molar-refractivity contribution >= 4 is 48.9 Å². The molecule has 0 unspecified atom stereocenters. The summed E-state index contributed by atoms with van der Waals surface area (Å²) < 4.78 is 9.76. The van der Waals surface area contributed by atoms with Crippen LogP contribution in [0.5, 0.6) is 0 Å². The summed E-state index contributed by atoms with van der Waals surface area (Å²) in [5.41, 5.74) is 2.09. The average Bonchev–Trinajstić information content (AvgIpc) is 3.44. The Labute approximate surface area is 212 Å². The summed E-state index contributed by atoms with van der Waals surface area (Å²) in [4.78, 5) is 37.5. The fourth-order valence-corrected chi connectivity index (χ4v) is 5.88. The van der Waals surface area contributed by atoms with Crippen LogP contribution in [0.1, 0.15) is 34.6 Å². The van der Waals surface area contributed by atoms with Gasteiger partial charge in [-0.15, -0.1) is 16.4 Å². The van der Waals surface area contributed by atoms with Gasteiger partial charge in [-0.3, -0.25) is 14.3 Å². The highest BCUT2D eigenvalue weighted by Gasteiger charge is 2.32. The van der Waals surface area contributed by atoms with Crippen LogP contribution < -0.4 is 5.69 Å². The van der Waals surface area contributed by atoms with Crippen LogP contribution >= 0.6 is 27.3 Å². The second kappa shape index (κ2) is 8.18. The van der Waals surface area contributed by atoms with Gasteiger partial charge in [0.15, 0.2) is 17.3 Å². The zero-order chi connectivity index (χ0) is 24.3. The molecule has 6 rings (SSSR count). The molecular weight excluding hydrogens is 530 g/mol. The van der Waals surface area contributed by atoms with Crippen LogP contribution in [-0.2, 0) is 24.3 Å². The molecule has 1 aliphatic rings. The van der Waals surface area contributed by atoms with Crippen LogP contribution in [0.15, 0.2) is 58.1 Å². The number of ether oxygens (including phenoxy) is 1. The number of hydrogen-bond donors (Lipinski definition) is 0. The van der Waals surface area contributed by atoms with Gasteiger partial charge in [-0.2, -0.15) is 4.52 Å². The molecule has 0 atom stereocenters.